The first-order chi connectivity index (χ1) is 9.44. The molecule has 0 N–H and O–H groups in total. The van der Waals surface area contributed by atoms with E-state index in [1.807, 2.05) is 19.0 Å². The summed E-state index contributed by atoms with van der Waals surface area (Å²) in [6, 6.07) is 0. The topological polar surface area (TPSA) is 59.1 Å². The van der Waals surface area contributed by atoms with E-state index in [1.165, 1.54) is 0 Å². The second-order valence-electron chi connectivity index (χ2n) is 6.08. The lowest BCUT2D eigenvalue weighted by Gasteiger charge is -2.36. The quantitative estimate of drug-likeness (QED) is 0.794. The van der Waals surface area contributed by atoms with Gasteiger partial charge in [0.25, 0.3) is 0 Å². The maximum atomic E-state index is 12.0. The Kier molecular flexibility index (Phi) is 4.52. The molecule has 2 fully saturated rings. The molecule has 0 aromatic rings. The minimum Gasteiger partial charge on any atom is -0.448 e. The lowest BCUT2D eigenvalue weighted by molar-refractivity contribution is -0.0158. The van der Waals surface area contributed by atoms with Crippen LogP contribution in [-0.2, 0) is 9.47 Å². The molecular formula is C14H24N2O4. The van der Waals surface area contributed by atoms with Crippen LogP contribution in [0.25, 0.3) is 0 Å². The highest BCUT2D eigenvalue weighted by molar-refractivity contribution is 5.89. The molecule has 6 heteroatoms. The van der Waals surface area contributed by atoms with E-state index in [4.69, 9.17) is 9.47 Å². The van der Waals surface area contributed by atoms with Gasteiger partial charge in [-0.15, -0.1) is 0 Å². The van der Waals surface area contributed by atoms with Crippen molar-refractivity contribution in [2.45, 2.75) is 38.2 Å². The number of nitrogens with zero attached hydrogens (tertiary/aromatic N) is 2. The van der Waals surface area contributed by atoms with Crippen LogP contribution in [0.15, 0.2) is 0 Å². The summed E-state index contributed by atoms with van der Waals surface area (Å²) >= 11 is 0. The van der Waals surface area contributed by atoms with E-state index >= 15 is 0 Å². The molecule has 0 aromatic carbocycles. The van der Waals surface area contributed by atoms with E-state index in [2.05, 4.69) is 6.92 Å². The molecule has 0 radical (unpaired) electrons. The highest BCUT2D eigenvalue weighted by Crippen LogP contribution is 2.41. The normalized spacial score (nSPS) is 29.9. The highest BCUT2D eigenvalue weighted by Gasteiger charge is 2.52. The van der Waals surface area contributed by atoms with Crippen molar-refractivity contribution in [1.82, 2.24) is 9.80 Å². The van der Waals surface area contributed by atoms with Crippen molar-refractivity contribution in [3.8, 4) is 0 Å². The van der Waals surface area contributed by atoms with Crippen LogP contribution in [0.1, 0.15) is 32.6 Å². The van der Waals surface area contributed by atoms with Crippen molar-refractivity contribution in [2.24, 2.45) is 5.92 Å². The summed E-state index contributed by atoms with van der Waals surface area (Å²) in [4.78, 5) is 26.9. The molecule has 0 aromatic heterocycles. The average Bonchev–Trinajstić information content (AvgIpc) is 2.71. The third-order valence-corrected chi connectivity index (χ3v) is 4.31. The average molecular weight is 284 g/mol. The number of likely N-dealkylation sites (N-methyl/N-ethyl adjacent to an activating group) is 1. The van der Waals surface area contributed by atoms with Gasteiger partial charge < -0.3 is 14.4 Å². The number of hydrogen-bond acceptors (Lipinski definition) is 5. The van der Waals surface area contributed by atoms with Crippen molar-refractivity contribution in [1.29, 1.82) is 0 Å². The molecule has 2 aliphatic rings. The fourth-order valence-electron chi connectivity index (χ4n) is 2.90. The van der Waals surface area contributed by atoms with Crippen molar-refractivity contribution in [3.63, 3.8) is 0 Å². The summed E-state index contributed by atoms with van der Waals surface area (Å²) in [6.07, 6.45) is 2.92. The van der Waals surface area contributed by atoms with Gasteiger partial charge in [-0.3, -0.25) is 0 Å². The molecule has 6 nitrogen and oxygen atoms in total. The minimum absolute atomic E-state index is 0.276. The van der Waals surface area contributed by atoms with E-state index < -0.39 is 17.8 Å². The Morgan fingerprint density at radius 3 is 2.90 bits per heavy atom. The van der Waals surface area contributed by atoms with Crippen LogP contribution in [-0.4, -0.2) is 61.4 Å². The van der Waals surface area contributed by atoms with Crippen LogP contribution in [0, 0.1) is 5.92 Å². The number of hydrogen-bond donors (Lipinski definition) is 0. The molecule has 1 saturated heterocycles. The lowest BCUT2D eigenvalue weighted by Crippen LogP contribution is -2.44. The summed E-state index contributed by atoms with van der Waals surface area (Å²) in [7, 11) is 3.80. The summed E-state index contributed by atoms with van der Waals surface area (Å²) in [6.45, 7) is 3.33. The third kappa shape index (κ3) is 3.06. The van der Waals surface area contributed by atoms with Crippen molar-refractivity contribution < 1.29 is 19.1 Å². The summed E-state index contributed by atoms with van der Waals surface area (Å²) in [5.74, 6) is 0.291. The first-order valence-electron chi connectivity index (χ1n) is 7.26. The first-order valence-corrected chi connectivity index (χ1v) is 7.26. The second-order valence-corrected chi connectivity index (χ2v) is 6.08. The monoisotopic (exact) mass is 284 g/mol. The van der Waals surface area contributed by atoms with Gasteiger partial charge in [-0.2, -0.15) is 0 Å². The van der Waals surface area contributed by atoms with E-state index in [9.17, 15) is 9.59 Å². The Balaban J connectivity index is 1.93. The molecule has 1 heterocycles. The minimum atomic E-state index is -0.591. The molecule has 2 atom stereocenters. The summed E-state index contributed by atoms with van der Waals surface area (Å²) < 4.78 is 10.7. The number of carbonyl (C=O) groups is 2. The number of imide groups is 1. The Labute approximate surface area is 120 Å². The number of carbonyl (C=O) groups excluding carboxylic acids is 2. The standard InChI is InChI=1S/C14H24N2O4/c1-11-6-4-5-7-14(11)10-16(13(18)20-14)12(17)19-9-8-15(2)3/h11H,4-10H2,1-3H3/t11-,14?/m1/s1. The van der Waals surface area contributed by atoms with Crippen LogP contribution in [0.4, 0.5) is 9.59 Å². The molecule has 2 rings (SSSR count). The number of ether oxygens (including phenoxy) is 2. The van der Waals surface area contributed by atoms with Gasteiger partial charge in [-0.25, -0.2) is 14.5 Å². The second kappa shape index (κ2) is 5.99. The Hall–Kier alpha value is -1.30. The SMILES string of the molecule is C[C@@H]1CCCCC12CN(C(=O)OCCN(C)C)C(=O)O2. The Bertz CT molecular complexity index is 385. The fourth-order valence-corrected chi connectivity index (χ4v) is 2.90. The van der Waals surface area contributed by atoms with Crippen molar-refractivity contribution >= 4 is 12.2 Å². The van der Waals surface area contributed by atoms with E-state index in [1.54, 1.807) is 0 Å². The largest absolute Gasteiger partial charge is 0.448 e. The zero-order valence-electron chi connectivity index (χ0n) is 12.6. The first kappa shape index (κ1) is 15.1. The van der Waals surface area contributed by atoms with Gasteiger partial charge in [0, 0.05) is 6.54 Å². The third-order valence-electron chi connectivity index (χ3n) is 4.31. The van der Waals surface area contributed by atoms with Crippen LogP contribution in [0.5, 0.6) is 0 Å². The molecule has 2 amide bonds. The van der Waals surface area contributed by atoms with E-state index in [0.717, 1.165) is 30.6 Å². The molecule has 0 bridgehead atoms. The summed E-state index contributed by atoms with van der Waals surface area (Å²) in [5, 5.41) is 0. The maximum Gasteiger partial charge on any atom is 0.420 e. The summed E-state index contributed by atoms with van der Waals surface area (Å²) in [5.41, 5.74) is -0.490. The van der Waals surface area contributed by atoms with Crippen LogP contribution < -0.4 is 0 Å². The van der Waals surface area contributed by atoms with Crippen molar-refractivity contribution in [3.05, 3.63) is 0 Å². The molecule has 1 aliphatic carbocycles. The molecule has 1 saturated carbocycles. The molecule has 1 aliphatic heterocycles. The van der Waals surface area contributed by atoms with E-state index in [0.29, 0.717) is 19.0 Å². The predicted molar refractivity (Wildman–Crippen MR) is 73.5 cm³/mol. The van der Waals surface area contributed by atoms with Gasteiger partial charge in [0.05, 0.1) is 6.54 Å². The number of rotatable bonds is 3. The predicted octanol–water partition coefficient (Wildman–Crippen LogP) is 2.09. The molecule has 20 heavy (non-hydrogen) atoms. The lowest BCUT2D eigenvalue weighted by atomic mass is 9.76. The smallest absolute Gasteiger partial charge is 0.420 e. The molecule has 114 valence electrons. The van der Waals surface area contributed by atoms with Gasteiger partial charge in [0.1, 0.15) is 12.2 Å². The Morgan fingerprint density at radius 2 is 2.25 bits per heavy atom. The van der Waals surface area contributed by atoms with Gasteiger partial charge >= 0.3 is 12.2 Å². The zero-order valence-corrected chi connectivity index (χ0v) is 12.6. The van der Waals surface area contributed by atoms with Crippen LogP contribution in [0.2, 0.25) is 0 Å². The maximum absolute atomic E-state index is 12.0. The highest BCUT2D eigenvalue weighted by atomic mass is 16.6. The molecular weight excluding hydrogens is 260 g/mol. The number of amides is 2. The fraction of sp³-hybridized carbons (Fsp3) is 0.857. The van der Waals surface area contributed by atoms with Gasteiger partial charge in [-0.1, -0.05) is 13.3 Å². The zero-order chi connectivity index (χ0) is 14.8. The molecule has 1 unspecified atom stereocenters. The van der Waals surface area contributed by atoms with Gasteiger partial charge in [-0.05, 0) is 39.3 Å². The van der Waals surface area contributed by atoms with E-state index in [-0.39, 0.29) is 6.61 Å². The Morgan fingerprint density at radius 1 is 1.50 bits per heavy atom. The van der Waals surface area contributed by atoms with Crippen molar-refractivity contribution in [2.75, 3.05) is 33.8 Å². The molecule has 1 spiro atoms. The van der Waals surface area contributed by atoms with Gasteiger partial charge in [0.15, 0.2) is 0 Å². The van der Waals surface area contributed by atoms with Crippen LogP contribution >= 0.6 is 0 Å². The van der Waals surface area contributed by atoms with Crippen LogP contribution in [0.3, 0.4) is 0 Å². The van der Waals surface area contributed by atoms with Gasteiger partial charge in [0.2, 0.25) is 0 Å².